The third-order valence-corrected chi connectivity index (χ3v) is 5.34. The zero-order valence-corrected chi connectivity index (χ0v) is 18.7. The quantitative estimate of drug-likeness (QED) is 0.411. The number of hydrogen-bond acceptors (Lipinski definition) is 3. The van der Waals surface area contributed by atoms with E-state index < -0.39 is 0 Å². The number of ether oxygens (including phenoxy) is 2. The van der Waals surface area contributed by atoms with Crippen LogP contribution in [0, 0.1) is 13.8 Å². The summed E-state index contributed by atoms with van der Waals surface area (Å²) < 4.78 is 13.4. The van der Waals surface area contributed by atoms with Crippen molar-refractivity contribution in [1.29, 1.82) is 0 Å². The van der Waals surface area contributed by atoms with Crippen LogP contribution in [-0.4, -0.2) is 23.2 Å². The van der Waals surface area contributed by atoms with Gasteiger partial charge in [0.2, 0.25) is 0 Å². The monoisotopic (exact) mass is 425 g/mol. The van der Waals surface area contributed by atoms with E-state index in [2.05, 4.69) is 0 Å². The van der Waals surface area contributed by atoms with Gasteiger partial charge in [0.25, 0.3) is 0 Å². The van der Waals surface area contributed by atoms with Gasteiger partial charge in [0.05, 0.1) is 35.6 Å². The summed E-state index contributed by atoms with van der Waals surface area (Å²) in [4.78, 5) is 12.5. The molecule has 0 aliphatic heterocycles. The van der Waals surface area contributed by atoms with Crippen LogP contribution in [0.2, 0.25) is 5.02 Å². The molecule has 0 fully saturated rings. The molecule has 0 saturated carbocycles. The van der Waals surface area contributed by atoms with Gasteiger partial charge in [-0.05, 0) is 57.0 Å². The maximum Gasteiger partial charge on any atom is 0.339 e. The molecule has 2 aromatic carbocycles. The summed E-state index contributed by atoms with van der Waals surface area (Å²) in [5.41, 5.74) is 5.38. The van der Waals surface area contributed by atoms with Gasteiger partial charge in [-0.3, -0.25) is 0 Å². The predicted molar refractivity (Wildman–Crippen MR) is 121 cm³/mol. The fourth-order valence-corrected chi connectivity index (χ4v) is 3.85. The van der Waals surface area contributed by atoms with Crippen LogP contribution in [0.3, 0.4) is 0 Å². The van der Waals surface area contributed by atoms with Crippen molar-refractivity contribution < 1.29 is 14.3 Å². The highest BCUT2D eigenvalue weighted by atomic mass is 35.5. The first-order valence-electron chi connectivity index (χ1n) is 10.2. The lowest BCUT2D eigenvalue weighted by Gasteiger charge is -2.18. The maximum atomic E-state index is 12.5. The first-order chi connectivity index (χ1) is 14.4. The summed E-state index contributed by atoms with van der Waals surface area (Å²) in [7, 11) is 0. The molecule has 0 amide bonds. The van der Waals surface area contributed by atoms with Gasteiger partial charge in [-0.25, -0.2) is 4.79 Å². The molecule has 1 unspecified atom stereocenters. The number of benzene rings is 2. The highest BCUT2D eigenvalue weighted by Crippen LogP contribution is 2.29. The van der Waals surface area contributed by atoms with Crippen molar-refractivity contribution in [3.8, 4) is 5.69 Å². The summed E-state index contributed by atoms with van der Waals surface area (Å²) in [6, 6.07) is 17.9. The third-order valence-electron chi connectivity index (χ3n) is 5.04. The van der Waals surface area contributed by atoms with E-state index in [0.29, 0.717) is 30.2 Å². The highest BCUT2D eigenvalue weighted by Gasteiger charge is 2.22. The highest BCUT2D eigenvalue weighted by molar-refractivity contribution is 6.32. The Kier molecular flexibility index (Phi) is 7.35. The molecule has 0 spiro atoms. The number of esters is 1. The van der Waals surface area contributed by atoms with Crippen LogP contribution in [0.5, 0.6) is 0 Å². The number of nitrogens with zero attached hydrogens (tertiary/aromatic N) is 1. The predicted octanol–water partition coefficient (Wildman–Crippen LogP) is 6.07. The number of carbonyl (C=O) groups is 1. The van der Waals surface area contributed by atoms with E-state index in [1.807, 2.05) is 86.9 Å². The molecule has 0 aliphatic carbocycles. The SMILES string of the molecule is CCOC(=O)c1cc(CC(C)OCc2ccccc2)n(-c2ccc(C)cc2Cl)c1C. The average Bonchev–Trinajstić information content (AvgIpc) is 3.03. The van der Waals surface area contributed by atoms with Crippen molar-refractivity contribution >= 4 is 17.6 Å². The van der Waals surface area contributed by atoms with Gasteiger partial charge in [-0.1, -0.05) is 48.0 Å². The van der Waals surface area contributed by atoms with Gasteiger partial charge in [0.15, 0.2) is 0 Å². The zero-order valence-electron chi connectivity index (χ0n) is 17.9. The number of hydrogen-bond donors (Lipinski definition) is 0. The summed E-state index contributed by atoms with van der Waals surface area (Å²) >= 11 is 6.57. The molecule has 158 valence electrons. The topological polar surface area (TPSA) is 40.5 Å². The Morgan fingerprint density at radius 2 is 1.83 bits per heavy atom. The Balaban J connectivity index is 1.91. The smallest absolute Gasteiger partial charge is 0.339 e. The summed E-state index contributed by atoms with van der Waals surface area (Å²) in [5, 5.41) is 0.642. The molecule has 0 aliphatic rings. The minimum Gasteiger partial charge on any atom is -0.462 e. The molecule has 1 aromatic heterocycles. The lowest BCUT2D eigenvalue weighted by Crippen LogP contribution is -2.15. The molecule has 5 heteroatoms. The van der Waals surface area contributed by atoms with Gasteiger partial charge < -0.3 is 14.0 Å². The number of aryl methyl sites for hydroxylation is 1. The van der Waals surface area contributed by atoms with Crippen LogP contribution in [0.4, 0.5) is 0 Å². The summed E-state index contributed by atoms with van der Waals surface area (Å²) in [5.74, 6) is -0.323. The van der Waals surface area contributed by atoms with E-state index in [1.165, 1.54) is 0 Å². The second-order valence-electron chi connectivity index (χ2n) is 7.46. The lowest BCUT2D eigenvalue weighted by molar-refractivity contribution is 0.0517. The molecule has 0 saturated heterocycles. The van der Waals surface area contributed by atoms with Crippen LogP contribution in [0.15, 0.2) is 54.6 Å². The minimum absolute atomic E-state index is 0.0440. The van der Waals surface area contributed by atoms with Crippen LogP contribution in [0.25, 0.3) is 5.69 Å². The minimum atomic E-state index is -0.323. The Morgan fingerprint density at radius 3 is 2.50 bits per heavy atom. The van der Waals surface area contributed by atoms with Crippen molar-refractivity contribution in [2.75, 3.05) is 6.61 Å². The van der Waals surface area contributed by atoms with E-state index in [1.54, 1.807) is 0 Å². The Morgan fingerprint density at radius 1 is 1.10 bits per heavy atom. The molecule has 1 atom stereocenters. The van der Waals surface area contributed by atoms with E-state index in [0.717, 1.165) is 28.2 Å². The molecule has 4 nitrogen and oxygen atoms in total. The van der Waals surface area contributed by atoms with Crippen molar-refractivity contribution in [2.45, 2.75) is 46.8 Å². The van der Waals surface area contributed by atoms with E-state index in [9.17, 15) is 4.79 Å². The fraction of sp³-hybridized carbons (Fsp3) is 0.320. The Hall–Kier alpha value is -2.56. The molecule has 0 bridgehead atoms. The van der Waals surface area contributed by atoms with Gasteiger partial charge in [0.1, 0.15) is 0 Å². The Bertz CT molecular complexity index is 1010. The van der Waals surface area contributed by atoms with E-state index in [-0.39, 0.29) is 12.1 Å². The molecular formula is C25H28ClNO3. The first-order valence-corrected chi connectivity index (χ1v) is 10.6. The van der Waals surface area contributed by atoms with E-state index in [4.69, 9.17) is 21.1 Å². The third kappa shape index (κ3) is 5.13. The molecule has 0 radical (unpaired) electrons. The maximum absolute atomic E-state index is 12.5. The molecule has 0 N–H and O–H groups in total. The zero-order chi connectivity index (χ0) is 21.7. The first kappa shape index (κ1) is 22.1. The van der Waals surface area contributed by atoms with E-state index >= 15 is 0 Å². The van der Waals surface area contributed by atoms with Gasteiger partial charge in [-0.15, -0.1) is 0 Å². The molecule has 30 heavy (non-hydrogen) atoms. The Labute approximate surface area is 183 Å². The molecule has 1 heterocycles. The van der Waals surface area contributed by atoms with Gasteiger partial charge in [-0.2, -0.15) is 0 Å². The summed E-state index contributed by atoms with van der Waals surface area (Å²) in [6.07, 6.45) is 0.592. The standard InChI is InChI=1S/C25H28ClNO3/c1-5-29-25(28)22-15-21(14-18(3)30-16-20-9-7-6-8-10-20)27(19(22)4)24-12-11-17(2)13-23(24)26/h6-13,15,18H,5,14,16H2,1-4H3. The fourth-order valence-electron chi connectivity index (χ4n) is 3.53. The second-order valence-corrected chi connectivity index (χ2v) is 7.86. The number of aromatic nitrogens is 1. The van der Waals surface area contributed by atoms with Crippen molar-refractivity contribution in [1.82, 2.24) is 4.57 Å². The van der Waals surface area contributed by atoms with Gasteiger partial charge in [0, 0.05) is 17.8 Å². The number of carbonyl (C=O) groups excluding carboxylic acids is 1. The second kappa shape index (κ2) is 9.96. The molecular weight excluding hydrogens is 398 g/mol. The van der Waals surface area contributed by atoms with Crippen molar-refractivity contribution in [2.24, 2.45) is 0 Å². The summed E-state index contributed by atoms with van der Waals surface area (Å²) in [6.45, 7) is 8.64. The van der Waals surface area contributed by atoms with Gasteiger partial charge >= 0.3 is 5.97 Å². The molecule has 3 aromatic rings. The number of rotatable bonds is 8. The van der Waals surface area contributed by atoms with Crippen molar-refractivity contribution in [3.05, 3.63) is 87.7 Å². The average molecular weight is 426 g/mol. The number of halogens is 1. The normalized spacial score (nSPS) is 12.0. The van der Waals surface area contributed by atoms with Crippen LogP contribution in [-0.2, 0) is 22.5 Å². The molecule has 3 rings (SSSR count). The largest absolute Gasteiger partial charge is 0.462 e. The van der Waals surface area contributed by atoms with Crippen LogP contribution in [0.1, 0.15) is 46.7 Å². The van der Waals surface area contributed by atoms with Crippen LogP contribution < -0.4 is 0 Å². The van der Waals surface area contributed by atoms with Crippen LogP contribution >= 0.6 is 11.6 Å². The van der Waals surface area contributed by atoms with Crippen molar-refractivity contribution in [3.63, 3.8) is 0 Å². The lowest BCUT2D eigenvalue weighted by atomic mass is 10.1.